The van der Waals surface area contributed by atoms with E-state index >= 15 is 0 Å². The number of benzene rings is 1. The molecule has 100 valence electrons. The Morgan fingerprint density at radius 1 is 1.26 bits per heavy atom. The van der Waals surface area contributed by atoms with Crippen molar-refractivity contribution in [3.8, 4) is 5.69 Å². The van der Waals surface area contributed by atoms with E-state index in [0.29, 0.717) is 0 Å². The predicted octanol–water partition coefficient (Wildman–Crippen LogP) is 2.59. The highest BCUT2D eigenvalue weighted by Crippen LogP contribution is 2.19. The van der Waals surface area contributed by atoms with Gasteiger partial charge in [-0.1, -0.05) is 25.5 Å². The van der Waals surface area contributed by atoms with Crippen LogP contribution < -0.4 is 5.73 Å². The molecule has 0 spiro atoms. The third-order valence-electron chi connectivity index (χ3n) is 3.23. The highest BCUT2D eigenvalue weighted by molar-refractivity contribution is 5.98. The summed E-state index contributed by atoms with van der Waals surface area (Å²) in [6.07, 6.45) is 1.81. The molecule has 0 saturated carbocycles. The van der Waals surface area contributed by atoms with Crippen molar-refractivity contribution in [2.45, 2.75) is 33.6 Å². The predicted molar refractivity (Wildman–Crippen MR) is 78.1 cm³/mol. The molecule has 1 aromatic carbocycles. The van der Waals surface area contributed by atoms with Crippen LogP contribution in [0, 0.1) is 12.3 Å². The molecular formula is C15H20N4. The summed E-state index contributed by atoms with van der Waals surface area (Å²) in [5, 5.41) is 12.3. The Morgan fingerprint density at radius 2 is 2.00 bits per heavy atom. The first kappa shape index (κ1) is 13.3. The molecule has 0 bridgehead atoms. The minimum atomic E-state index is 0.0781. The van der Waals surface area contributed by atoms with Crippen LogP contribution in [0.4, 0.5) is 0 Å². The largest absolute Gasteiger partial charge is 0.384 e. The zero-order valence-corrected chi connectivity index (χ0v) is 11.7. The zero-order valence-electron chi connectivity index (χ0n) is 11.7. The molecule has 0 amide bonds. The van der Waals surface area contributed by atoms with Crippen molar-refractivity contribution in [2.24, 2.45) is 5.73 Å². The van der Waals surface area contributed by atoms with Gasteiger partial charge in [-0.3, -0.25) is 5.41 Å². The SMILES string of the molecule is CCc1cc(CC)n(-c2ccc(C)cc2C(=N)N)n1. The summed E-state index contributed by atoms with van der Waals surface area (Å²) in [4.78, 5) is 0. The van der Waals surface area contributed by atoms with Gasteiger partial charge in [0.25, 0.3) is 0 Å². The van der Waals surface area contributed by atoms with Gasteiger partial charge in [0.2, 0.25) is 0 Å². The average Bonchev–Trinajstić information content (AvgIpc) is 2.81. The molecule has 0 aliphatic carbocycles. The average molecular weight is 256 g/mol. The van der Waals surface area contributed by atoms with Crippen molar-refractivity contribution < 1.29 is 0 Å². The van der Waals surface area contributed by atoms with Gasteiger partial charge in [-0.2, -0.15) is 5.10 Å². The second-order valence-corrected chi connectivity index (χ2v) is 4.68. The van der Waals surface area contributed by atoms with Crippen LogP contribution in [-0.2, 0) is 12.8 Å². The molecule has 1 heterocycles. The number of nitrogen functional groups attached to an aromatic ring is 1. The number of hydrogen-bond acceptors (Lipinski definition) is 2. The van der Waals surface area contributed by atoms with Crippen LogP contribution in [0.5, 0.6) is 0 Å². The van der Waals surface area contributed by atoms with Crippen molar-refractivity contribution in [1.82, 2.24) is 9.78 Å². The highest BCUT2D eigenvalue weighted by Gasteiger charge is 2.13. The fraction of sp³-hybridized carbons (Fsp3) is 0.333. The normalized spacial score (nSPS) is 10.7. The lowest BCUT2D eigenvalue weighted by molar-refractivity contribution is 0.792. The third-order valence-corrected chi connectivity index (χ3v) is 3.23. The van der Waals surface area contributed by atoms with E-state index in [4.69, 9.17) is 11.1 Å². The number of nitrogens with two attached hydrogens (primary N) is 1. The van der Waals surface area contributed by atoms with Crippen molar-refractivity contribution in [1.29, 1.82) is 5.41 Å². The van der Waals surface area contributed by atoms with E-state index in [0.717, 1.165) is 41.0 Å². The number of nitrogens with one attached hydrogen (secondary N) is 1. The first-order valence-electron chi connectivity index (χ1n) is 6.60. The number of nitrogens with zero attached hydrogens (tertiary/aromatic N) is 2. The second kappa shape index (κ2) is 5.26. The molecule has 2 rings (SSSR count). The summed E-state index contributed by atoms with van der Waals surface area (Å²) in [5.41, 5.74) is 10.6. The van der Waals surface area contributed by atoms with E-state index in [1.54, 1.807) is 0 Å². The van der Waals surface area contributed by atoms with Crippen molar-refractivity contribution >= 4 is 5.84 Å². The number of aryl methyl sites for hydroxylation is 3. The van der Waals surface area contributed by atoms with Gasteiger partial charge in [0.15, 0.2) is 0 Å². The molecule has 0 radical (unpaired) electrons. The van der Waals surface area contributed by atoms with Gasteiger partial charge in [0.05, 0.1) is 11.4 Å². The maximum Gasteiger partial charge on any atom is 0.124 e. The Balaban J connectivity index is 2.64. The van der Waals surface area contributed by atoms with Crippen LogP contribution in [-0.4, -0.2) is 15.6 Å². The number of aromatic nitrogens is 2. The minimum absolute atomic E-state index is 0.0781. The fourth-order valence-electron chi connectivity index (χ4n) is 2.16. The molecule has 0 atom stereocenters. The first-order valence-corrected chi connectivity index (χ1v) is 6.60. The summed E-state index contributed by atoms with van der Waals surface area (Å²) in [6, 6.07) is 8.06. The molecule has 1 aromatic heterocycles. The molecule has 2 aromatic rings. The van der Waals surface area contributed by atoms with Gasteiger partial charge in [0, 0.05) is 11.3 Å². The Bertz CT molecular complexity index is 611. The molecule has 4 nitrogen and oxygen atoms in total. The van der Waals surface area contributed by atoms with Crippen LogP contribution in [0.15, 0.2) is 24.3 Å². The van der Waals surface area contributed by atoms with E-state index in [1.807, 2.05) is 29.8 Å². The number of amidine groups is 1. The zero-order chi connectivity index (χ0) is 14.0. The molecule has 4 heteroatoms. The van der Waals surface area contributed by atoms with E-state index in [2.05, 4.69) is 25.0 Å². The Hall–Kier alpha value is -2.10. The molecule has 3 N–H and O–H groups in total. The van der Waals surface area contributed by atoms with Gasteiger partial charge in [-0.05, 0) is 38.0 Å². The van der Waals surface area contributed by atoms with Crippen LogP contribution in [0.2, 0.25) is 0 Å². The fourth-order valence-corrected chi connectivity index (χ4v) is 2.16. The second-order valence-electron chi connectivity index (χ2n) is 4.68. The van der Waals surface area contributed by atoms with Crippen LogP contribution in [0.25, 0.3) is 5.69 Å². The maximum atomic E-state index is 7.74. The van der Waals surface area contributed by atoms with Crippen molar-refractivity contribution in [3.05, 3.63) is 46.8 Å². The maximum absolute atomic E-state index is 7.74. The quantitative estimate of drug-likeness (QED) is 0.652. The molecule has 19 heavy (non-hydrogen) atoms. The van der Waals surface area contributed by atoms with Gasteiger partial charge in [0.1, 0.15) is 5.84 Å². The summed E-state index contributed by atoms with van der Waals surface area (Å²) in [7, 11) is 0. The topological polar surface area (TPSA) is 67.7 Å². The number of hydrogen-bond donors (Lipinski definition) is 2. The van der Waals surface area contributed by atoms with E-state index < -0.39 is 0 Å². The van der Waals surface area contributed by atoms with Crippen molar-refractivity contribution in [3.63, 3.8) is 0 Å². The highest BCUT2D eigenvalue weighted by atomic mass is 15.3. The van der Waals surface area contributed by atoms with Crippen LogP contribution >= 0.6 is 0 Å². The molecule has 0 unspecified atom stereocenters. The third kappa shape index (κ3) is 2.52. The van der Waals surface area contributed by atoms with Gasteiger partial charge < -0.3 is 5.73 Å². The molecule has 0 aliphatic heterocycles. The Kier molecular flexibility index (Phi) is 3.69. The molecule has 0 saturated heterocycles. The summed E-state index contributed by atoms with van der Waals surface area (Å²) in [5.74, 6) is 0.0781. The lowest BCUT2D eigenvalue weighted by Crippen LogP contribution is -2.16. The van der Waals surface area contributed by atoms with Crippen LogP contribution in [0.1, 0.15) is 36.4 Å². The smallest absolute Gasteiger partial charge is 0.124 e. The first-order chi connectivity index (χ1) is 9.06. The van der Waals surface area contributed by atoms with Gasteiger partial charge >= 0.3 is 0 Å². The standard InChI is InChI=1S/C15H20N4/c1-4-11-9-12(5-2)19(18-11)14-7-6-10(3)8-13(14)15(16)17/h6-9H,4-5H2,1-3H3,(H3,16,17). The lowest BCUT2D eigenvalue weighted by atomic mass is 10.1. The van der Waals surface area contributed by atoms with Gasteiger partial charge in [-0.15, -0.1) is 0 Å². The minimum Gasteiger partial charge on any atom is -0.384 e. The monoisotopic (exact) mass is 256 g/mol. The molecule has 0 fully saturated rings. The summed E-state index contributed by atoms with van der Waals surface area (Å²) in [6.45, 7) is 6.19. The van der Waals surface area contributed by atoms with Gasteiger partial charge in [-0.25, -0.2) is 4.68 Å². The Labute approximate surface area is 113 Å². The van der Waals surface area contributed by atoms with Crippen LogP contribution in [0.3, 0.4) is 0 Å². The lowest BCUT2D eigenvalue weighted by Gasteiger charge is -2.12. The summed E-state index contributed by atoms with van der Waals surface area (Å²) < 4.78 is 1.91. The molecular weight excluding hydrogens is 236 g/mol. The van der Waals surface area contributed by atoms with Crippen molar-refractivity contribution in [2.75, 3.05) is 0 Å². The Morgan fingerprint density at radius 3 is 2.58 bits per heavy atom. The van der Waals surface area contributed by atoms with E-state index in [-0.39, 0.29) is 5.84 Å². The summed E-state index contributed by atoms with van der Waals surface area (Å²) >= 11 is 0. The molecule has 0 aliphatic rings. The number of rotatable bonds is 4. The van der Waals surface area contributed by atoms with E-state index in [9.17, 15) is 0 Å². The van der Waals surface area contributed by atoms with E-state index in [1.165, 1.54) is 0 Å².